The predicted molar refractivity (Wildman–Crippen MR) is 132 cm³/mol. The molecule has 1 unspecified atom stereocenters. The summed E-state index contributed by atoms with van der Waals surface area (Å²) < 4.78 is 8.35. The Labute approximate surface area is 194 Å². The number of rotatable bonds is 7. The number of ether oxygens (including phenoxy) is 1. The fourth-order valence-electron chi connectivity index (χ4n) is 4.74. The van der Waals surface area contributed by atoms with Crippen molar-refractivity contribution in [2.45, 2.75) is 39.2 Å². The van der Waals surface area contributed by atoms with E-state index in [1.165, 1.54) is 5.56 Å². The summed E-state index contributed by atoms with van der Waals surface area (Å²) in [6.45, 7) is 6.27. The topological polar surface area (TPSA) is 47.4 Å². The van der Waals surface area contributed by atoms with Gasteiger partial charge in [-0.15, -0.1) is 0 Å². The number of amides is 1. The van der Waals surface area contributed by atoms with Crippen LogP contribution in [0.15, 0.2) is 72.8 Å². The van der Waals surface area contributed by atoms with Gasteiger partial charge in [0.1, 0.15) is 11.6 Å². The molecule has 1 fully saturated rings. The van der Waals surface area contributed by atoms with Crippen molar-refractivity contribution in [3.63, 3.8) is 0 Å². The first-order valence-corrected chi connectivity index (χ1v) is 11.6. The van der Waals surface area contributed by atoms with Crippen molar-refractivity contribution < 1.29 is 9.53 Å². The number of carbonyl (C=O) groups excluding carboxylic acids is 1. The lowest BCUT2D eigenvalue weighted by Gasteiger charge is -2.17. The van der Waals surface area contributed by atoms with E-state index in [0.717, 1.165) is 46.8 Å². The molecule has 4 aromatic rings. The fraction of sp³-hybridized carbons (Fsp3) is 0.286. The lowest BCUT2D eigenvalue weighted by atomic mass is 10.1. The molecule has 1 aromatic heterocycles. The average molecular weight is 440 g/mol. The van der Waals surface area contributed by atoms with E-state index in [2.05, 4.69) is 36.6 Å². The van der Waals surface area contributed by atoms with Crippen LogP contribution < -0.4 is 9.64 Å². The number of anilines is 1. The van der Waals surface area contributed by atoms with E-state index in [9.17, 15) is 4.79 Å². The van der Waals surface area contributed by atoms with Crippen molar-refractivity contribution in [2.24, 2.45) is 0 Å². The molecule has 1 aliphatic heterocycles. The van der Waals surface area contributed by atoms with Gasteiger partial charge < -0.3 is 14.2 Å². The van der Waals surface area contributed by atoms with Crippen LogP contribution in [0.5, 0.6) is 5.75 Å². The molecule has 168 valence electrons. The Morgan fingerprint density at radius 1 is 1.00 bits per heavy atom. The second-order valence-corrected chi connectivity index (χ2v) is 8.82. The van der Waals surface area contributed by atoms with E-state index >= 15 is 0 Å². The maximum absolute atomic E-state index is 12.8. The van der Waals surface area contributed by atoms with E-state index in [1.54, 1.807) is 0 Å². The van der Waals surface area contributed by atoms with E-state index in [4.69, 9.17) is 9.72 Å². The van der Waals surface area contributed by atoms with Gasteiger partial charge in [-0.25, -0.2) is 4.98 Å². The fourth-order valence-corrected chi connectivity index (χ4v) is 4.74. The second kappa shape index (κ2) is 9.10. The van der Waals surface area contributed by atoms with Crippen LogP contribution in [0.1, 0.15) is 35.7 Å². The highest BCUT2D eigenvalue weighted by Gasteiger charge is 2.34. The molecule has 2 heterocycles. The number of nitrogens with zero attached hydrogens (tertiary/aromatic N) is 3. The largest absolute Gasteiger partial charge is 0.493 e. The Kier molecular flexibility index (Phi) is 5.86. The second-order valence-electron chi connectivity index (χ2n) is 8.82. The van der Waals surface area contributed by atoms with Crippen molar-refractivity contribution in [3.8, 4) is 5.75 Å². The van der Waals surface area contributed by atoms with Gasteiger partial charge in [0.05, 0.1) is 17.6 Å². The molecular weight excluding hydrogens is 410 g/mol. The van der Waals surface area contributed by atoms with Crippen LogP contribution in [-0.4, -0.2) is 28.6 Å². The first-order chi connectivity index (χ1) is 16.1. The molecule has 3 aromatic carbocycles. The molecule has 5 heteroatoms. The summed E-state index contributed by atoms with van der Waals surface area (Å²) in [6.07, 6.45) is 1.35. The lowest BCUT2D eigenvalue weighted by Crippen LogP contribution is -2.24. The Morgan fingerprint density at radius 3 is 2.61 bits per heavy atom. The number of hydrogen-bond donors (Lipinski definition) is 0. The van der Waals surface area contributed by atoms with E-state index in [-0.39, 0.29) is 11.8 Å². The molecule has 0 N–H and O–H groups in total. The van der Waals surface area contributed by atoms with Gasteiger partial charge in [0.2, 0.25) is 5.91 Å². The molecule has 0 saturated carbocycles. The lowest BCUT2D eigenvalue weighted by molar-refractivity contribution is -0.117. The van der Waals surface area contributed by atoms with E-state index in [1.807, 2.05) is 59.5 Å². The van der Waals surface area contributed by atoms with Crippen molar-refractivity contribution in [3.05, 3.63) is 89.7 Å². The average Bonchev–Trinajstić information content (AvgIpc) is 3.39. The van der Waals surface area contributed by atoms with Crippen LogP contribution in [-0.2, 0) is 11.3 Å². The Morgan fingerprint density at radius 2 is 1.79 bits per heavy atom. The summed E-state index contributed by atoms with van der Waals surface area (Å²) in [5.41, 5.74) is 5.45. The first-order valence-electron chi connectivity index (χ1n) is 11.6. The monoisotopic (exact) mass is 439 g/mol. The standard InChI is InChI=1S/C28H29N3O2/c1-20-13-14-26(21(2)17-20)33-16-8-15-30-25-12-7-6-11-24(25)29-28(30)22-18-27(32)31(19-22)23-9-4-3-5-10-23/h3-7,9-14,17,22H,8,15-16,18-19H2,1-2H3. The zero-order valence-corrected chi connectivity index (χ0v) is 19.2. The molecule has 1 saturated heterocycles. The molecule has 1 aliphatic rings. The molecular formula is C28H29N3O2. The number of benzene rings is 3. The summed E-state index contributed by atoms with van der Waals surface area (Å²) in [6, 6.07) is 24.4. The number of para-hydroxylation sites is 3. The quantitative estimate of drug-likeness (QED) is 0.350. The maximum Gasteiger partial charge on any atom is 0.227 e. The molecule has 0 radical (unpaired) electrons. The van der Waals surface area contributed by atoms with Crippen LogP contribution in [0, 0.1) is 13.8 Å². The number of aromatic nitrogens is 2. The van der Waals surface area contributed by atoms with Gasteiger partial charge in [-0.2, -0.15) is 0 Å². The van der Waals surface area contributed by atoms with Crippen LogP contribution in [0.25, 0.3) is 11.0 Å². The Balaban J connectivity index is 1.34. The van der Waals surface area contributed by atoms with Gasteiger partial charge in [-0.1, -0.05) is 48.0 Å². The first kappa shape index (κ1) is 21.3. The number of imidazole rings is 1. The van der Waals surface area contributed by atoms with Gasteiger partial charge in [0.25, 0.3) is 0 Å². The number of fused-ring (bicyclic) bond motifs is 1. The summed E-state index contributed by atoms with van der Waals surface area (Å²) in [7, 11) is 0. The number of hydrogen-bond acceptors (Lipinski definition) is 3. The third-order valence-electron chi connectivity index (χ3n) is 6.36. The summed E-state index contributed by atoms with van der Waals surface area (Å²) in [5, 5.41) is 0. The molecule has 1 amide bonds. The zero-order chi connectivity index (χ0) is 22.8. The highest BCUT2D eigenvalue weighted by molar-refractivity contribution is 5.96. The molecule has 5 nitrogen and oxygen atoms in total. The number of aryl methyl sites for hydroxylation is 3. The smallest absolute Gasteiger partial charge is 0.227 e. The molecule has 0 spiro atoms. The third kappa shape index (κ3) is 4.36. The van der Waals surface area contributed by atoms with Gasteiger partial charge in [0.15, 0.2) is 0 Å². The maximum atomic E-state index is 12.8. The minimum atomic E-state index is 0.0744. The predicted octanol–water partition coefficient (Wildman–Crippen LogP) is 5.64. The van der Waals surface area contributed by atoms with Gasteiger partial charge >= 0.3 is 0 Å². The Bertz CT molecular complexity index is 1280. The number of carbonyl (C=O) groups is 1. The van der Waals surface area contributed by atoms with E-state index in [0.29, 0.717) is 19.6 Å². The SMILES string of the molecule is Cc1ccc(OCCCn2c(C3CC(=O)N(c4ccccc4)C3)nc3ccccc32)c(C)c1. The minimum Gasteiger partial charge on any atom is -0.493 e. The zero-order valence-electron chi connectivity index (χ0n) is 19.2. The molecule has 0 bridgehead atoms. The Hall–Kier alpha value is -3.60. The van der Waals surface area contributed by atoms with Crippen molar-refractivity contribution in [1.29, 1.82) is 0 Å². The molecule has 33 heavy (non-hydrogen) atoms. The van der Waals surface area contributed by atoms with Gasteiger partial charge in [0, 0.05) is 31.1 Å². The van der Waals surface area contributed by atoms with E-state index < -0.39 is 0 Å². The van der Waals surface area contributed by atoms with Crippen molar-refractivity contribution in [1.82, 2.24) is 9.55 Å². The molecule has 1 atom stereocenters. The molecule has 5 rings (SSSR count). The van der Waals surface area contributed by atoms with Crippen LogP contribution in [0.2, 0.25) is 0 Å². The highest BCUT2D eigenvalue weighted by Crippen LogP contribution is 2.33. The third-order valence-corrected chi connectivity index (χ3v) is 6.36. The molecule has 0 aliphatic carbocycles. The van der Waals surface area contributed by atoms with Crippen LogP contribution in [0.3, 0.4) is 0 Å². The van der Waals surface area contributed by atoms with Crippen LogP contribution in [0.4, 0.5) is 5.69 Å². The van der Waals surface area contributed by atoms with Crippen molar-refractivity contribution in [2.75, 3.05) is 18.1 Å². The van der Waals surface area contributed by atoms with Crippen molar-refractivity contribution >= 4 is 22.6 Å². The highest BCUT2D eigenvalue weighted by atomic mass is 16.5. The summed E-state index contributed by atoms with van der Waals surface area (Å²) in [4.78, 5) is 19.7. The normalized spacial score (nSPS) is 16.0. The van der Waals surface area contributed by atoms with Crippen LogP contribution >= 0.6 is 0 Å². The van der Waals surface area contributed by atoms with Gasteiger partial charge in [-0.05, 0) is 56.2 Å². The summed E-state index contributed by atoms with van der Waals surface area (Å²) >= 11 is 0. The summed E-state index contributed by atoms with van der Waals surface area (Å²) in [5.74, 6) is 2.17. The minimum absolute atomic E-state index is 0.0744. The van der Waals surface area contributed by atoms with Gasteiger partial charge in [-0.3, -0.25) is 4.79 Å².